The average Bonchev–Trinajstić information content (AvgIpc) is 3.86. The number of allylic oxidation sites excluding steroid dienone is 5. The minimum Gasteiger partial charge on any atom is -0.382 e. The van der Waals surface area contributed by atoms with E-state index < -0.39 is 0 Å². The van der Waals surface area contributed by atoms with Gasteiger partial charge in [0.25, 0.3) is 0 Å². The van der Waals surface area contributed by atoms with Crippen LogP contribution in [0.2, 0.25) is 0 Å². The summed E-state index contributed by atoms with van der Waals surface area (Å²) in [6.07, 6.45) is 22.2. The minimum absolute atomic E-state index is 0.198. The molecule has 0 saturated carbocycles. The summed E-state index contributed by atoms with van der Waals surface area (Å²) < 4.78 is 5.28. The second-order valence-corrected chi connectivity index (χ2v) is 17.8. The summed E-state index contributed by atoms with van der Waals surface area (Å²) in [6, 6.07) is 50.6. The van der Waals surface area contributed by atoms with Gasteiger partial charge in [-0.25, -0.2) is 0 Å². The summed E-state index contributed by atoms with van der Waals surface area (Å²) in [5.74, 6) is 5.97. The van der Waals surface area contributed by atoms with Crippen LogP contribution in [0.15, 0.2) is 175 Å². The molecule has 63 heavy (non-hydrogen) atoms. The maximum absolute atomic E-state index is 5.42. The Bertz CT molecular complexity index is 3540. The maximum atomic E-state index is 5.42. The largest absolute Gasteiger partial charge is 0.382 e. The zero-order chi connectivity index (χ0) is 42.7. The van der Waals surface area contributed by atoms with Crippen LogP contribution in [0.1, 0.15) is 55.5 Å². The van der Waals surface area contributed by atoms with Gasteiger partial charge in [0.1, 0.15) is 5.84 Å². The van der Waals surface area contributed by atoms with Crippen molar-refractivity contribution in [3.63, 3.8) is 0 Å². The molecule has 3 aliphatic rings. The van der Waals surface area contributed by atoms with E-state index in [0.29, 0.717) is 11.8 Å². The van der Waals surface area contributed by atoms with Crippen LogP contribution in [0.4, 0.5) is 0 Å². The van der Waals surface area contributed by atoms with Crippen LogP contribution in [0.5, 0.6) is 0 Å². The van der Waals surface area contributed by atoms with E-state index in [1.54, 1.807) is 0 Å². The zero-order valence-corrected chi connectivity index (χ0v) is 35.9. The molecule has 5 heteroatoms. The number of benzene rings is 7. The fourth-order valence-electron chi connectivity index (χ4n) is 10.5. The van der Waals surface area contributed by atoms with Crippen LogP contribution < -0.4 is 22.0 Å². The highest BCUT2D eigenvalue weighted by atomic mass is 15.2. The van der Waals surface area contributed by atoms with Crippen molar-refractivity contribution in [2.75, 3.05) is 0 Å². The topological polar surface area (TPSA) is 74.3 Å². The van der Waals surface area contributed by atoms with Gasteiger partial charge in [-0.2, -0.15) is 5.10 Å². The van der Waals surface area contributed by atoms with Gasteiger partial charge < -0.3 is 20.7 Å². The summed E-state index contributed by atoms with van der Waals surface area (Å²) in [6.45, 7) is 4.74. The van der Waals surface area contributed by atoms with Crippen LogP contribution in [0, 0.1) is 5.92 Å². The number of hydrogen-bond acceptors (Lipinski definition) is 2. The number of fused-ring (bicyclic) bond motifs is 11. The Morgan fingerprint density at radius 2 is 1.51 bits per heavy atom. The quantitative estimate of drug-likeness (QED) is 0.0786. The highest BCUT2D eigenvalue weighted by molar-refractivity contribution is 6.27. The molecule has 5 nitrogen and oxygen atoms in total. The van der Waals surface area contributed by atoms with Gasteiger partial charge in [0.2, 0.25) is 0 Å². The summed E-state index contributed by atoms with van der Waals surface area (Å²) in [7, 11) is 0. The molecule has 0 spiro atoms. The molecule has 0 aliphatic heterocycles. The average molecular weight is 818 g/mol. The van der Waals surface area contributed by atoms with Crippen molar-refractivity contribution in [3.8, 4) is 5.69 Å². The molecule has 2 unspecified atom stereocenters. The van der Waals surface area contributed by atoms with E-state index in [9.17, 15) is 0 Å². The predicted octanol–water partition coefficient (Wildman–Crippen LogP) is 11.7. The van der Waals surface area contributed by atoms with Gasteiger partial charge in [-0.15, -0.1) is 0 Å². The Morgan fingerprint density at radius 3 is 2.33 bits per heavy atom. The Hall–Kier alpha value is -7.37. The van der Waals surface area contributed by atoms with Gasteiger partial charge in [-0.1, -0.05) is 165 Å². The Kier molecular flexibility index (Phi) is 9.49. The lowest BCUT2D eigenvalue weighted by Gasteiger charge is -2.33. The molecule has 0 bridgehead atoms. The summed E-state index contributed by atoms with van der Waals surface area (Å²) >= 11 is 0. The van der Waals surface area contributed by atoms with E-state index in [4.69, 9.17) is 11.6 Å². The monoisotopic (exact) mass is 817 g/mol. The smallest absolute Gasteiger partial charge is 0.150 e. The fraction of sp³-hybridized carbons (Fsp3) is 0.155. The molecular formula is C58H51N5. The second-order valence-electron chi connectivity index (χ2n) is 17.8. The van der Waals surface area contributed by atoms with Crippen LogP contribution in [-0.2, 0) is 18.4 Å². The fourth-order valence-corrected chi connectivity index (χ4v) is 10.5. The van der Waals surface area contributed by atoms with Gasteiger partial charge in [-0.05, 0) is 112 Å². The predicted molar refractivity (Wildman–Crippen MR) is 268 cm³/mol. The standard InChI is InChI=1S/C51H42N2.C7H9N3/c1-33-15-17-34(18-16-33)29-35-19-20-40-32-51(2,28-27-39(40)30-35)53-45-14-8-7-13-43(45)49-47(53)26-24-44-48-42-12-6-5-10-37(42)22-25-46(48)52(50(44)49)41-23-21-36-9-3-4-11-38(36)31-41;8-7(10-9)6-4-2-1-3-5-6/h3-7,9-13,15,17-27,30-33H,8,14,16,28-29H2,1-2H3;1-5H,9H2,(H2,8,10). The number of nitrogens with two attached hydrogens (primary N) is 2. The molecule has 0 saturated heterocycles. The third-order valence-corrected chi connectivity index (χ3v) is 13.6. The second kappa shape index (κ2) is 15.5. The van der Waals surface area contributed by atoms with Crippen molar-refractivity contribution in [1.82, 2.24) is 9.13 Å². The molecule has 2 heterocycles. The zero-order valence-electron chi connectivity index (χ0n) is 35.9. The molecule has 9 aromatic rings. The third-order valence-electron chi connectivity index (χ3n) is 13.6. The van der Waals surface area contributed by atoms with Gasteiger partial charge >= 0.3 is 0 Å². The van der Waals surface area contributed by atoms with E-state index in [2.05, 4.69) is 180 Å². The molecular weight excluding hydrogens is 767 g/mol. The van der Waals surface area contributed by atoms with Crippen molar-refractivity contribution in [2.24, 2.45) is 22.6 Å². The lowest BCUT2D eigenvalue weighted by atomic mass is 9.88. The van der Waals surface area contributed by atoms with Crippen LogP contribution >= 0.6 is 0 Å². The van der Waals surface area contributed by atoms with Crippen molar-refractivity contribution < 1.29 is 0 Å². The number of hydrazone groups is 1. The number of nitrogens with zero attached hydrogens (tertiary/aromatic N) is 3. The highest BCUT2D eigenvalue weighted by Gasteiger charge is 2.33. The first kappa shape index (κ1) is 38.5. The molecule has 0 fully saturated rings. The van der Waals surface area contributed by atoms with Crippen LogP contribution in [0.3, 0.4) is 0 Å². The van der Waals surface area contributed by atoms with Crippen molar-refractivity contribution in [1.29, 1.82) is 0 Å². The van der Waals surface area contributed by atoms with E-state index in [1.807, 2.05) is 30.3 Å². The van der Waals surface area contributed by atoms with E-state index in [0.717, 1.165) is 37.7 Å². The van der Waals surface area contributed by atoms with Gasteiger partial charge in [0.05, 0.1) is 22.1 Å². The molecule has 2 aromatic heterocycles. The molecule has 2 atom stereocenters. The normalized spacial score (nSPS) is 18.2. The third kappa shape index (κ3) is 6.67. The summed E-state index contributed by atoms with van der Waals surface area (Å²) in [5, 5.41) is 15.2. The molecule has 4 N–H and O–H groups in total. The first-order valence-corrected chi connectivity index (χ1v) is 22.3. The lowest BCUT2D eigenvalue weighted by molar-refractivity contribution is 0.449. The molecule has 12 rings (SSSR count). The maximum Gasteiger partial charge on any atom is 0.150 e. The number of aromatic nitrogens is 2. The molecule has 0 amide bonds. The first-order chi connectivity index (χ1) is 30.9. The number of rotatable bonds is 5. The van der Waals surface area contributed by atoms with Gasteiger partial charge in [-0.3, -0.25) is 0 Å². The van der Waals surface area contributed by atoms with E-state index >= 15 is 0 Å². The first-order valence-electron chi connectivity index (χ1n) is 22.3. The number of hydrogen-bond donors (Lipinski definition) is 2. The van der Waals surface area contributed by atoms with Crippen molar-refractivity contribution in [3.05, 3.63) is 202 Å². The lowest BCUT2D eigenvalue weighted by Crippen LogP contribution is -2.39. The van der Waals surface area contributed by atoms with Crippen molar-refractivity contribution in [2.45, 2.75) is 51.5 Å². The summed E-state index contributed by atoms with van der Waals surface area (Å²) in [4.78, 5) is 0. The number of amidine groups is 1. The van der Waals surface area contributed by atoms with E-state index in [-0.39, 0.29) is 5.54 Å². The van der Waals surface area contributed by atoms with Gasteiger partial charge in [0.15, 0.2) is 0 Å². The minimum atomic E-state index is -0.198. The van der Waals surface area contributed by atoms with Crippen LogP contribution in [-0.4, -0.2) is 15.0 Å². The Labute approximate surface area is 368 Å². The molecule has 3 aliphatic carbocycles. The highest BCUT2D eigenvalue weighted by Crippen LogP contribution is 2.46. The Morgan fingerprint density at radius 1 is 0.730 bits per heavy atom. The SMILES string of the molecule is CC1C=CC(Cc2ccc3c(c2)=CCC(C)(n2c4c(c5c2ccc2c6c7ccccc7ccc6n(-c6ccc7ccccc7c6)c25)C=CCC4)C=3)=CC1.N/N=C(\N)c1ccccc1. The van der Waals surface area contributed by atoms with E-state index in [1.165, 1.54) is 92.8 Å². The Balaban J connectivity index is 0.000000395. The van der Waals surface area contributed by atoms with Crippen molar-refractivity contribution >= 4 is 78.3 Å². The molecule has 308 valence electrons. The summed E-state index contributed by atoms with van der Waals surface area (Å²) in [5.41, 5.74) is 16.8. The van der Waals surface area contributed by atoms with Crippen LogP contribution in [0.25, 0.3) is 78.2 Å². The molecule has 0 radical (unpaired) electrons. The van der Waals surface area contributed by atoms with Gasteiger partial charge in [0, 0.05) is 38.7 Å². The molecule has 7 aromatic carbocycles.